The van der Waals surface area contributed by atoms with Crippen molar-refractivity contribution in [1.82, 2.24) is 5.32 Å². The molecular weight excluding hydrogens is 250 g/mol. The Labute approximate surface area is 113 Å². The highest BCUT2D eigenvalue weighted by Crippen LogP contribution is 2.11. The molecule has 0 saturated heterocycles. The number of carbonyl (C=O) groups excluding carboxylic acids is 1. The van der Waals surface area contributed by atoms with Crippen LogP contribution in [0.5, 0.6) is 0 Å². The Morgan fingerprint density at radius 1 is 1.44 bits per heavy atom. The molecule has 0 fully saturated rings. The summed E-state index contributed by atoms with van der Waals surface area (Å²) < 4.78 is 5.52. The van der Waals surface area contributed by atoms with Crippen molar-refractivity contribution in [2.75, 3.05) is 13.2 Å². The lowest BCUT2D eigenvalue weighted by Crippen LogP contribution is -2.22. The van der Waals surface area contributed by atoms with Crippen molar-refractivity contribution in [2.24, 2.45) is 0 Å². The fourth-order valence-corrected chi connectivity index (χ4v) is 1.64. The first-order valence-electron chi connectivity index (χ1n) is 5.95. The van der Waals surface area contributed by atoms with Gasteiger partial charge in [0.25, 0.3) is 0 Å². The number of benzene rings is 1. The third kappa shape index (κ3) is 6.42. The van der Waals surface area contributed by atoms with Crippen LogP contribution in [0, 0.1) is 0 Å². The first-order valence-corrected chi connectivity index (χ1v) is 6.32. The monoisotopic (exact) mass is 267 g/mol. The van der Waals surface area contributed by atoms with Gasteiger partial charge in [-0.3, -0.25) is 4.79 Å². The van der Waals surface area contributed by atoms with Crippen LogP contribution in [-0.2, 0) is 16.1 Å². The number of amides is 1. The minimum absolute atomic E-state index is 0.130. The lowest BCUT2D eigenvalue weighted by molar-refractivity contribution is -0.116. The molecule has 98 valence electrons. The van der Waals surface area contributed by atoms with E-state index in [1.54, 1.807) is 0 Å². The van der Waals surface area contributed by atoms with E-state index >= 15 is 0 Å². The van der Waals surface area contributed by atoms with Crippen molar-refractivity contribution in [1.29, 1.82) is 0 Å². The molecule has 0 spiro atoms. The van der Waals surface area contributed by atoms with Crippen molar-refractivity contribution >= 4 is 17.5 Å². The maximum Gasteiger partial charge on any atom is 0.243 e. The average Bonchev–Trinajstić information content (AvgIpc) is 2.37. The first-order chi connectivity index (χ1) is 8.72. The highest BCUT2D eigenvalue weighted by molar-refractivity contribution is 6.30. The zero-order chi connectivity index (χ0) is 13.2. The van der Waals surface area contributed by atoms with Crippen LogP contribution in [0.3, 0.4) is 0 Å². The molecule has 0 atom stereocenters. The third-order valence-corrected chi connectivity index (χ3v) is 2.59. The Bertz CT molecular complexity index is 393. The van der Waals surface area contributed by atoms with Crippen LogP contribution >= 0.6 is 11.6 Å². The van der Waals surface area contributed by atoms with Gasteiger partial charge in [-0.2, -0.15) is 0 Å². The van der Waals surface area contributed by atoms with Gasteiger partial charge in [-0.1, -0.05) is 30.3 Å². The Morgan fingerprint density at radius 3 is 3.00 bits per heavy atom. The minimum atomic E-state index is -0.130. The number of rotatable bonds is 8. The summed E-state index contributed by atoms with van der Waals surface area (Å²) in [4.78, 5) is 10.8. The van der Waals surface area contributed by atoms with Crippen molar-refractivity contribution in [3.05, 3.63) is 47.5 Å². The van der Waals surface area contributed by atoms with Crippen LogP contribution in [0.15, 0.2) is 36.9 Å². The summed E-state index contributed by atoms with van der Waals surface area (Å²) in [5.41, 5.74) is 1.07. The Balaban J connectivity index is 2.02. The second-order valence-corrected chi connectivity index (χ2v) is 4.32. The summed E-state index contributed by atoms with van der Waals surface area (Å²) >= 11 is 5.87. The molecule has 0 heterocycles. The van der Waals surface area contributed by atoms with Gasteiger partial charge in [0.1, 0.15) is 0 Å². The molecule has 0 aliphatic rings. The van der Waals surface area contributed by atoms with Gasteiger partial charge in [-0.25, -0.2) is 0 Å². The van der Waals surface area contributed by atoms with E-state index in [9.17, 15) is 4.79 Å². The van der Waals surface area contributed by atoms with Gasteiger partial charge < -0.3 is 10.1 Å². The highest BCUT2D eigenvalue weighted by Gasteiger charge is 1.96. The van der Waals surface area contributed by atoms with Crippen LogP contribution in [-0.4, -0.2) is 19.1 Å². The summed E-state index contributed by atoms with van der Waals surface area (Å²) in [6, 6.07) is 7.63. The van der Waals surface area contributed by atoms with Gasteiger partial charge in [0.15, 0.2) is 0 Å². The molecule has 3 nitrogen and oxygen atoms in total. The van der Waals surface area contributed by atoms with E-state index in [0.29, 0.717) is 19.8 Å². The lowest BCUT2D eigenvalue weighted by atomic mass is 10.2. The van der Waals surface area contributed by atoms with Gasteiger partial charge in [0, 0.05) is 18.2 Å². The van der Waals surface area contributed by atoms with E-state index in [1.807, 2.05) is 24.3 Å². The molecule has 0 saturated carbocycles. The number of hydrogen-bond donors (Lipinski definition) is 1. The SMILES string of the molecule is C=CC(=O)NCCCCOCc1cccc(Cl)c1. The van der Waals surface area contributed by atoms with Gasteiger partial charge in [0.2, 0.25) is 5.91 Å². The van der Waals surface area contributed by atoms with Crippen molar-refractivity contribution in [3.63, 3.8) is 0 Å². The van der Waals surface area contributed by atoms with Crippen LogP contribution in [0.2, 0.25) is 5.02 Å². The van der Waals surface area contributed by atoms with E-state index in [0.717, 1.165) is 23.4 Å². The molecular formula is C14H18ClNO2. The van der Waals surface area contributed by atoms with Gasteiger partial charge in [-0.15, -0.1) is 0 Å². The third-order valence-electron chi connectivity index (χ3n) is 2.36. The number of nitrogens with one attached hydrogen (secondary N) is 1. The smallest absolute Gasteiger partial charge is 0.243 e. The normalized spacial score (nSPS) is 10.1. The standard InChI is InChI=1S/C14H18ClNO2/c1-2-14(17)16-8-3-4-9-18-11-12-6-5-7-13(15)10-12/h2,5-7,10H,1,3-4,8-9,11H2,(H,16,17). The Morgan fingerprint density at radius 2 is 2.28 bits per heavy atom. The fraction of sp³-hybridized carbons (Fsp3) is 0.357. The molecule has 1 aromatic rings. The second kappa shape index (κ2) is 8.72. The molecule has 0 aliphatic carbocycles. The van der Waals surface area contributed by atoms with Crippen LogP contribution < -0.4 is 5.32 Å². The molecule has 0 aliphatic heterocycles. The fourth-order valence-electron chi connectivity index (χ4n) is 1.43. The zero-order valence-corrected chi connectivity index (χ0v) is 11.1. The number of ether oxygens (including phenoxy) is 1. The van der Waals surface area contributed by atoms with E-state index < -0.39 is 0 Å². The molecule has 0 radical (unpaired) electrons. The van der Waals surface area contributed by atoms with E-state index in [-0.39, 0.29) is 5.91 Å². The van der Waals surface area contributed by atoms with Gasteiger partial charge in [0.05, 0.1) is 6.61 Å². The largest absolute Gasteiger partial charge is 0.377 e. The van der Waals surface area contributed by atoms with E-state index in [2.05, 4.69) is 11.9 Å². The quantitative estimate of drug-likeness (QED) is 0.581. The molecule has 18 heavy (non-hydrogen) atoms. The highest BCUT2D eigenvalue weighted by atomic mass is 35.5. The maximum absolute atomic E-state index is 10.8. The summed E-state index contributed by atoms with van der Waals surface area (Å²) in [7, 11) is 0. The summed E-state index contributed by atoms with van der Waals surface area (Å²) in [5, 5.41) is 3.44. The maximum atomic E-state index is 10.8. The number of hydrogen-bond acceptors (Lipinski definition) is 2. The predicted molar refractivity (Wildman–Crippen MR) is 73.5 cm³/mol. The minimum Gasteiger partial charge on any atom is -0.377 e. The zero-order valence-electron chi connectivity index (χ0n) is 10.3. The van der Waals surface area contributed by atoms with E-state index in [4.69, 9.17) is 16.3 Å². The Hall–Kier alpha value is -1.32. The van der Waals surface area contributed by atoms with Crippen LogP contribution in [0.4, 0.5) is 0 Å². The molecule has 1 rings (SSSR count). The molecule has 0 aromatic heterocycles. The van der Waals surface area contributed by atoms with Crippen molar-refractivity contribution < 1.29 is 9.53 Å². The predicted octanol–water partition coefficient (Wildman–Crippen LogP) is 2.94. The number of halogens is 1. The van der Waals surface area contributed by atoms with Gasteiger partial charge >= 0.3 is 0 Å². The topological polar surface area (TPSA) is 38.3 Å². The summed E-state index contributed by atoms with van der Waals surface area (Å²) in [6.45, 7) is 5.29. The number of carbonyl (C=O) groups is 1. The van der Waals surface area contributed by atoms with Crippen molar-refractivity contribution in [2.45, 2.75) is 19.4 Å². The second-order valence-electron chi connectivity index (χ2n) is 3.88. The molecule has 0 unspecified atom stereocenters. The molecule has 4 heteroatoms. The molecule has 0 bridgehead atoms. The molecule has 1 amide bonds. The summed E-state index contributed by atoms with van der Waals surface area (Å²) in [5.74, 6) is -0.130. The van der Waals surface area contributed by atoms with E-state index in [1.165, 1.54) is 6.08 Å². The lowest BCUT2D eigenvalue weighted by Gasteiger charge is -2.05. The first kappa shape index (κ1) is 14.7. The number of unbranched alkanes of at least 4 members (excludes halogenated alkanes) is 1. The summed E-state index contributed by atoms with van der Waals surface area (Å²) in [6.07, 6.45) is 3.09. The van der Waals surface area contributed by atoms with Gasteiger partial charge in [-0.05, 0) is 36.6 Å². The Kier molecular flexibility index (Phi) is 7.14. The van der Waals surface area contributed by atoms with Crippen LogP contribution in [0.1, 0.15) is 18.4 Å². The molecule has 1 N–H and O–H groups in total. The van der Waals surface area contributed by atoms with Crippen molar-refractivity contribution in [3.8, 4) is 0 Å². The molecule has 1 aromatic carbocycles. The average molecular weight is 268 g/mol. The van der Waals surface area contributed by atoms with Crippen LogP contribution in [0.25, 0.3) is 0 Å².